The van der Waals surface area contributed by atoms with Crippen LogP contribution in [0.2, 0.25) is 0 Å². The lowest BCUT2D eigenvalue weighted by Crippen LogP contribution is -2.20. The van der Waals surface area contributed by atoms with Crippen LogP contribution in [-0.4, -0.2) is 16.2 Å². The van der Waals surface area contributed by atoms with Gasteiger partial charge in [0.2, 0.25) is 0 Å². The molecule has 1 nitrogen and oxygen atoms in total. The van der Waals surface area contributed by atoms with Crippen LogP contribution in [0.25, 0.3) is 0 Å². The maximum atomic E-state index is 11.2. The standard InChI is InChI=1S/C2H2F4OS/c3-1(4)2(5,6)8-7/h1,7H. The maximum Gasteiger partial charge on any atom is 0.377 e. The second-order valence-corrected chi connectivity index (χ2v) is 1.68. The molecule has 8 heavy (non-hydrogen) atoms. The molecular formula is C2H2F4OS. The minimum absolute atomic E-state index is 1.15. The highest BCUT2D eigenvalue weighted by molar-refractivity contribution is 7.94. The average molecular weight is 150 g/mol. The van der Waals surface area contributed by atoms with Gasteiger partial charge in [0.05, 0.1) is 12.0 Å². The summed E-state index contributed by atoms with van der Waals surface area (Å²) in [6.45, 7) is 0. The third-order valence-corrected chi connectivity index (χ3v) is 0.797. The zero-order chi connectivity index (χ0) is 6.78. The van der Waals surface area contributed by atoms with E-state index in [1.807, 2.05) is 0 Å². The Morgan fingerprint density at radius 1 is 1.38 bits per heavy atom. The first-order valence-electron chi connectivity index (χ1n) is 1.49. The van der Waals surface area contributed by atoms with Crippen LogP contribution in [-0.2, 0) is 0 Å². The van der Waals surface area contributed by atoms with E-state index >= 15 is 0 Å². The van der Waals surface area contributed by atoms with Gasteiger partial charge in [-0.05, 0) is 0 Å². The molecule has 0 fully saturated rings. The van der Waals surface area contributed by atoms with E-state index in [9.17, 15) is 17.6 Å². The highest BCUT2D eigenvalue weighted by Gasteiger charge is 2.41. The van der Waals surface area contributed by atoms with Crippen molar-refractivity contribution in [2.24, 2.45) is 0 Å². The highest BCUT2D eigenvalue weighted by atomic mass is 32.2. The maximum absolute atomic E-state index is 11.2. The third kappa shape index (κ3) is 1.87. The molecule has 0 radical (unpaired) electrons. The smallest absolute Gasteiger partial charge is 0.325 e. The zero-order valence-corrected chi connectivity index (χ0v) is 4.26. The monoisotopic (exact) mass is 150 g/mol. The first-order chi connectivity index (χ1) is 3.50. The number of rotatable bonds is 2. The van der Waals surface area contributed by atoms with E-state index in [4.69, 9.17) is 4.55 Å². The molecule has 50 valence electrons. The van der Waals surface area contributed by atoms with Crippen molar-refractivity contribution in [1.82, 2.24) is 0 Å². The Balaban J connectivity index is 3.71. The third-order valence-electron chi connectivity index (χ3n) is 0.376. The van der Waals surface area contributed by atoms with Gasteiger partial charge < -0.3 is 4.55 Å². The summed E-state index contributed by atoms with van der Waals surface area (Å²) in [5.41, 5.74) is 0. The van der Waals surface area contributed by atoms with Crippen LogP contribution in [0.5, 0.6) is 0 Å². The summed E-state index contributed by atoms with van der Waals surface area (Å²) in [5.74, 6) is 0. The Bertz CT molecular complexity index is 74.4. The van der Waals surface area contributed by atoms with E-state index in [2.05, 4.69) is 0 Å². The molecule has 0 aliphatic rings. The molecule has 0 atom stereocenters. The molecule has 0 unspecified atom stereocenters. The molecule has 6 heteroatoms. The molecule has 0 saturated heterocycles. The number of hydrogen-bond donors (Lipinski definition) is 1. The summed E-state index contributed by atoms with van der Waals surface area (Å²) in [6, 6.07) is 0. The molecule has 0 saturated carbocycles. The van der Waals surface area contributed by atoms with Crippen molar-refractivity contribution in [3.63, 3.8) is 0 Å². The minimum atomic E-state index is -4.32. The lowest BCUT2D eigenvalue weighted by molar-refractivity contribution is -0.0595. The average Bonchev–Trinajstić information content (AvgIpc) is 1.67. The molecule has 0 aromatic carbocycles. The Kier molecular flexibility index (Phi) is 2.55. The van der Waals surface area contributed by atoms with Crippen LogP contribution in [0.1, 0.15) is 0 Å². The fourth-order valence-electron chi connectivity index (χ4n) is 0.0398. The van der Waals surface area contributed by atoms with Crippen LogP contribution in [0.15, 0.2) is 0 Å². The van der Waals surface area contributed by atoms with Gasteiger partial charge in [0, 0.05) is 0 Å². The van der Waals surface area contributed by atoms with Crippen LogP contribution in [0.4, 0.5) is 17.6 Å². The predicted molar refractivity (Wildman–Crippen MR) is 21.2 cm³/mol. The molecule has 0 aromatic rings. The summed E-state index contributed by atoms with van der Waals surface area (Å²) < 4.78 is 51.7. The van der Waals surface area contributed by atoms with Gasteiger partial charge in [-0.15, -0.1) is 0 Å². The van der Waals surface area contributed by atoms with E-state index in [-0.39, 0.29) is 0 Å². The van der Waals surface area contributed by atoms with E-state index in [1.165, 1.54) is 0 Å². The molecule has 0 rings (SSSR count). The van der Waals surface area contributed by atoms with Crippen molar-refractivity contribution in [2.45, 2.75) is 11.7 Å². The largest absolute Gasteiger partial charge is 0.377 e. The molecule has 0 heterocycles. The molecule has 0 amide bonds. The van der Waals surface area contributed by atoms with E-state index in [0.29, 0.717) is 0 Å². The van der Waals surface area contributed by atoms with Gasteiger partial charge in [-0.2, -0.15) is 8.78 Å². The van der Waals surface area contributed by atoms with Crippen molar-refractivity contribution in [3.05, 3.63) is 0 Å². The van der Waals surface area contributed by atoms with Crippen LogP contribution < -0.4 is 0 Å². The Labute approximate surface area is 46.9 Å². The molecular weight excluding hydrogens is 148 g/mol. The molecule has 1 N–H and O–H groups in total. The summed E-state index contributed by atoms with van der Waals surface area (Å²) in [6.07, 6.45) is -3.81. The fourth-order valence-corrected chi connectivity index (χ4v) is 0.120. The number of hydrogen-bond acceptors (Lipinski definition) is 2. The van der Waals surface area contributed by atoms with Gasteiger partial charge in [0.1, 0.15) is 0 Å². The quantitative estimate of drug-likeness (QED) is 0.480. The van der Waals surface area contributed by atoms with Crippen molar-refractivity contribution >= 4 is 12.0 Å². The van der Waals surface area contributed by atoms with Gasteiger partial charge in [-0.25, -0.2) is 8.78 Å². The number of alkyl halides is 4. The van der Waals surface area contributed by atoms with Gasteiger partial charge in [-0.3, -0.25) is 0 Å². The number of halogens is 4. The second kappa shape index (κ2) is 2.54. The van der Waals surface area contributed by atoms with Crippen molar-refractivity contribution in [2.75, 3.05) is 0 Å². The van der Waals surface area contributed by atoms with Crippen molar-refractivity contribution in [1.29, 1.82) is 0 Å². The summed E-state index contributed by atoms with van der Waals surface area (Å²) in [4.78, 5) is 0. The first-order valence-corrected chi connectivity index (χ1v) is 2.26. The van der Waals surface area contributed by atoms with Gasteiger partial charge >= 0.3 is 11.7 Å². The summed E-state index contributed by atoms with van der Waals surface area (Å²) in [7, 11) is 0. The summed E-state index contributed by atoms with van der Waals surface area (Å²) in [5, 5.41) is -4.32. The molecule has 0 bridgehead atoms. The lowest BCUT2D eigenvalue weighted by atomic mass is 10.7. The molecule has 0 aromatic heterocycles. The Hall–Kier alpha value is 0.0300. The zero-order valence-electron chi connectivity index (χ0n) is 3.44. The van der Waals surface area contributed by atoms with Gasteiger partial charge in [-0.1, -0.05) is 0 Å². The fraction of sp³-hybridized carbons (Fsp3) is 1.00. The van der Waals surface area contributed by atoms with Gasteiger partial charge in [0.25, 0.3) is 0 Å². The van der Waals surface area contributed by atoms with E-state index in [1.54, 1.807) is 0 Å². The lowest BCUT2D eigenvalue weighted by Gasteiger charge is -2.07. The SMILES string of the molecule is OSC(F)(F)C(F)F. The second-order valence-electron chi connectivity index (χ2n) is 0.954. The van der Waals surface area contributed by atoms with E-state index < -0.39 is 23.7 Å². The molecule has 0 spiro atoms. The van der Waals surface area contributed by atoms with E-state index in [0.717, 1.165) is 0 Å². The molecule has 0 aliphatic heterocycles. The molecule has 0 aliphatic carbocycles. The minimum Gasteiger partial charge on any atom is -0.325 e. The first kappa shape index (κ1) is 8.03. The predicted octanol–water partition coefficient (Wildman–Crippen LogP) is 2.05. The Morgan fingerprint density at radius 3 is 1.75 bits per heavy atom. The van der Waals surface area contributed by atoms with Crippen molar-refractivity contribution < 1.29 is 22.1 Å². The van der Waals surface area contributed by atoms with Crippen molar-refractivity contribution in [3.8, 4) is 0 Å². The van der Waals surface area contributed by atoms with Crippen LogP contribution in [0.3, 0.4) is 0 Å². The van der Waals surface area contributed by atoms with Gasteiger partial charge in [0.15, 0.2) is 0 Å². The topological polar surface area (TPSA) is 20.2 Å². The Morgan fingerprint density at radius 2 is 1.75 bits per heavy atom. The van der Waals surface area contributed by atoms with Crippen LogP contribution >= 0.6 is 12.0 Å². The van der Waals surface area contributed by atoms with Crippen LogP contribution in [0, 0.1) is 0 Å². The highest BCUT2D eigenvalue weighted by Crippen LogP contribution is 2.32. The normalized spacial score (nSPS) is 12.8. The summed E-state index contributed by atoms with van der Waals surface area (Å²) >= 11 is -1.15.